The lowest BCUT2D eigenvalue weighted by atomic mass is 10.0. The van der Waals surface area contributed by atoms with Gasteiger partial charge < -0.3 is 4.42 Å². The summed E-state index contributed by atoms with van der Waals surface area (Å²) >= 11 is 0. The van der Waals surface area contributed by atoms with Crippen LogP contribution in [-0.2, 0) is 10.0 Å². The molecule has 0 N–H and O–H groups in total. The fourth-order valence-corrected chi connectivity index (χ4v) is 5.90. The van der Waals surface area contributed by atoms with Crippen LogP contribution in [-0.4, -0.2) is 29.5 Å². The van der Waals surface area contributed by atoms with Crippen LogP contribution in [0.2, 0.25) is 0 Å². The molecule has 0 aromatic carbocycles. The van der Waals surface area contributed by atoms with Gasteiger partial charge in [0.2, 0.25) is 15.9 Å². The van der Waals surface area contributed by atoms with Gasteiger partial charge in [-0.15, -0.1) is 0 Å². The third-order valence-electron chi connectivity index (χ3n) is 5.08. The minimum atomic E-state index is -3.25. The van der Waals surface area contributed by atoms with Crippen molar-refractivity contribution in [2.45, 2.75) is 76.5 Å². The lowest BCUT2D eigenvalue weighted by Gasteiger charge is -2.36. The lowest BCUT2D eigenvalue weighted by molar-refractivity contribution is 0.213. The summed E-state index contributed by atoms with van der Waals surface area (Å²) in [5.41, 5.74) is 0.857. The summed E-state index contributed by atoms with van der Waals surface area (Å²) in [7, 11) is -3.25. The molecule has 6 heteroatoms. The van der Waals surface area contributed by atoms with Gasteiger partial charge in [-0.05, 0) is 39.5 Å². The Morgan fingerprint density at radius 2 is 1.73 bits per heavy atom. The summed E-state index contributed by atoms with van der Waals surface area (Å²) in [6, 6.07) is -0.215. The van der Waals surface area contributed by atoms with Crippen molar-refractivity contribution >= 4 is 10.0 Å². The number of rotatable bonds is 3. The van der Waals surface area contributed by atoms with Gasteiger partial charge in [-0.1, -0.05) is 25.7 Å². The normalized spacial score (nSPS) is 25.5. The van der Waals surface area contributed by atoms with Crippen LogP contribution in [0.25, 0.3) is 0 Å². The highest BCUT2D eigenvalue weighted by Gasteiger charge is 2.40. The Hall–Kier alpha value is -0.880. The molecule has 0 unspecified atom stereocenters. The zero-order valence-corrected chi connectivity index (χ0v) is 14.4. The predicted molar refractivity (Wildman–Crippen MR) is 85.1 cm³/mol. The van der Waals surface area contributed by atoms with Crippen LogP contribution in [0.3, 0.4) is 0 Å². The van der Waals surface area contributed by atoms with Gasteiger partial charge in [0.05, 0.1) is 10.9 Å². The number of oxazole rings is 1. The second-order valence-corrected chi connectivity index (χ2v) is 8.79. The monoisotopic (exact) mass is 326 g/mol. The van der Waals surface area contributed by atoms with Gasteiger partial charge in [0.25, 0.3) is 0 Å². The molecule has 3 rings (SSSR count). The van der Waals surface area contributed by atoms with E-state index in [1.54, 1.807) is 4.31 Å². The molecule has 1 aliphatic heterocycles. The first-order chi connectivity index (χ1) is 10.5. The summed E-state index contributed by atoms with van der Waals surface area (Å²) in [5, 5.41) is -0.209. The van der Waals surface area contributed by atoms with Gasteiger partial charge >= 0.3 is 0 Å². The Kier molecular flexibility index (Phi) is 4.59. The molecule has 1 saturated heterocycles. The van der Waals surface area contributed by atoms with Crippen molar-refractivity contribution in [1.82, 2.24) is 9.29 Å². The maximum absolute atomic E-state index is 13.1. The van der Waals surface area contributed by atoms with Crippen LogP contribution in [0.4, 0.5) is 0 Å². The Morgan fingerprint density at radius 3 is 2.36 bits per heavy atom. The van der Waals surface area contributed by atoms with E-state index in [-0.39, 0.29) is 11.3 Å². The molecule has 0 amide bonds. The third kappa shape index (κ3) is 2.95. The van der Waals surface area contributed by atoms with Crippen LogP contribution < -0.4 is 0 Å². The first-order valence-corrected chi connectivity index (χ1v) is 9.95. The molecule has 0 spiro atoms. The summed E-state index contributed by atoms with van der Waals surface area (Å²) in [5.74, 6) is 1.37. The Morgan fingerprint density at radius 1 is 1.05 bits per heavy atom. The van der Waals surface area contributed by atoms with E-state index < -0.39 is 10.0 Å². The number of hydrogen-bond donors (Lipinski definition) is 0. The van der Waals surface area contributed by atoms with Crippen LogP contribution >= 0.6 is 0 Å². The highest BCUT2D eigenvalue weighted by Crippen LogP contribution is 2.37. The van der Waals surface area contributed by atoms with E-state index in [1.807, 2.05) is 13.8 Å². The van der Waals surface area contributed by atoms with Gasteiger partial charge in [-0.2, -0.15) is 4.31 Å². The van der Waals surface area contributed by atoms with E-state index in [9.17, 15) is 8.42 Å². The number of aromatic nitrogens is 1. The van der Waals surface area contributed by atoms with Crippen molar-refractivity contribution < 1.29 is 12.8 Å². The van der Waals surface area contributed by atoms with E-state index in [1.165, 1.54) is 0 Å². The second kappa shape index (κ2) is 6.32. The quantitative estimate of drug-likeness (QED) is 0.853. The zero-order valence-electron chi connectivity index (χ0n) is 13.5. The molecule has 2 fully saturated rings. The summed E-state index contributed by atoms with van der Waals surface area (Å²) < 4.78 is 33.6. The van der Waals surface area contributed by atoms with Crippen LogP contribution in [0.1, 0.15) is 74.8 Å². The number of nitrogens with zero attached hydrogens (tertiary/aromatic N) is 2. The molecule has 1 aliphatic carbocycles. The molecule has 2 aliphatic rings. The highest BCUT2D eigenvalue weighted by atomic mass is 32.2. The van der Waals surface area contributed by atoms with Crippen LogP contribution in [0, 0.1) is 13.8 Å². The number of aryl methyl sites for hydroxylation is 2. The summed E-state index contributed by atoms with van der Waals surface area (Å²) in [6.45, 7) is 4.39. The molecular weight excluding hydrogens is 300 g/mol. The fraction of sp³-hybridized carbons (Fsp3) is 0.812. The van der Waals surface area contributed by atoms with Crippen molar-refractivity contribution in [3.63, 3.8) is 0 Å². The molecule has 0 radical (unpaired) electrons. The largest absolute Gasteiger partial charge is 0.444 e. The molecule has 1 aromatic rings. The summed E-state index contributed by atoms with van der Waals surface area (Å²) in [6.07, 6.45) is 7.59. The maximum Gasteiger partial charge on any atom is 0.217 e. The summed E-state index contributed by atoms with van der Waals surface area (Å²) in [4.78, 5) is 4.47. The molecular formula is C16H26N2O3S. The number of hydrogen-bond acceptors (Lipinski definition) is 4. The van der Waals surface area contributed by atoms with Gasteiger partial charge in [0, 0.05) is 6.54 Å². The van der Waals surface area contributed by atoms with E-state index >= 15 is 0 Å². The Bertz CT molecular complexity index is 598. The van der Waals surface area contributed by atoms with Gasteiger partial charge in [0.15, 0.2) is 0 Å². The van der Waals surface area contributed by atoms with Crippen LogP contribution in [0.5, 0.6) is 0 Å². The Balaban J connectivity index is 1.88. The molecule has 124 valence electrons. The lowest BCUT2D eigenvalue weighted by Crippen LogP contribution is -2.44. The van der Waals surface area contributed by atoms with Gasteiger partial charge in [-0.25, -0.2) is 13.4 Å². The predicted octanol–water partition coefficient (Wildman–Crippen LogP) is 3.48. The van der Waals surface area contributed by atoms with Crippen molar-refractivity contribution in [2.24, 2.45) is 0 Å². The van der Waals surface area contributed by atoms with Gasteiger partial charge in [0.1, 0.15) is 11.8 Å². The van der Waals surface area contributed by atoms with Crippen molar-refractivity contribution in [1.29, 1.82) is 0 Å². The molecule has 0 bridgehead atoms. The van der Waals surface area contributed by atoms with E-state index in [2.05, 4.69) is 4.98 Å². The minimum absolute atomic E-state index is 0.209. The Labute approximate surface area is 133 Å². The topological polar surface area (TPSA) is 63.4 Å². The molecule has 1 aromatic heterocycles. The fourth-order valence-electron chi connectivity index (χ4n) is 3.65. The highest BCUT2D eigenvalue weighted by molar-refractivity contribution is 7.89. The average Bonchev–Trinajstić information content (AvgIpc) is 2.87. The SMILES string of the molecule is Cc1nc([C@@H]2CCCCN2S(=O)(=O)C2CCCCC2)oc1C. The van der Waals surface area contributed by atoms with Crippen molar-refractivity contribution in [2.75, 3.05) is 6.54 Å². The average molecular weight is 326 g/mol. The third-order valence-corrected chi connectivity index (χ3v) is 7.49. The molecule has 1 atom stereocenters. The molecule has 5 nitrogen and oxygen atoms in total. The first kappa shape index (κ1) is 16.0. The standard InChI is InChI=1S/C16H26N2O3S/c1-12-13(2)21-16(17-12)15-10-6-7-11-18(15)22(19,20)14-8-4-3-5-9-14/h14-15H,3-11H2,1-2H3/t15-/m0/s1. The van der Waals surface area contributed by atoms with E-state index in [0.29, 0.717) is 12.4 Å². The maximum atomic E-state index is 13.1. The molecule has 2 heterocycles. The zero-order chi connectivity index (χ0) is 15.7. The number of piperidine rings is 1. The van der Waals surface area contributed by atoms with Gasteiger partial charge in [-0.3, -0.25) is 0 Å². The van der Waals surface area contributed by atoms with E-state index in [4.69, 9.17) is 4.42 Å². The first-order valence-electron chi connectivity index (χ1n) is 8.44. The van der Waals surface area contributed by atoms with Crippen molar-refractivity contribution in [3.05, 3.63) is 17.3 Å². The molecule has 1 saturated carbocycles. The van der Waals surface area contributed by atoms with Crippen LogP contribution in [0.15, 0.2) is 4.42 Å². The smallest absolute Gasteiger partial charge is 0.217 e. The van der Waals surface area contributed by atoms with E-state index in [0.717, 1.165) is 62.8 Å². The molecule has 22 heavy (non-hydrogen) atoms. The minimum Gasteiger partial charge on any atom is -0.444 e. The number of sulfonamides is 1. The second-order valence-electron chi connectivity index (χ2n) is 6.62. The van der Waals surface area contributed by atoms with Crippen molar-refractivity contribution in [3.8, 4) is 0 Å².